The summed E-state index contributed by atoms with van der Waals surface area (Å²) in [4.78, 5) is 25.8. The molecule has 1 N–H and O–H groups in total. The highest BCUT2D eigenvalue weighted by Gasteiger charge is 2.61. The molecule has 2 saturated carbocycles. The van der Waals surface area contributed by atoms with Crippen molar-refractivity contribution in [2.75, 3.05) is 0 Å². The van der Waals surface area contributed by atoms with Crippen LogP contribution in [0.15, 0.2) is 52.3 Å². The van der Waals surface area contributed by atoms with Gasteiger partial charge >= 0.3 is 0 Å². The quantitative estimate of drug-likeness (QED) is 0.675. The summed E-state index contributed by atoms with van der Waals surface area (Å²) in [7, 11) is -3.86. The van der Waals surface area contributed by atoms with Gasteiger partial charge in [-0.3, -0.25) is 9.59 Å². The van der Waals surface area contributed by atoms with Crippen LogP contribution < -0.4 is 5.32 Å². The van der Waals surface area contributed by atoms with E-state index in [-0.39, 0.29) is 55.0 Å². The zero-order chi connectivity index (χ0) is 21.5. The lowest BCUT2D eigenvalue weighted by molar-refractivity contribution is 0.0825. The normalized spacial score (nSPS) is 29.9. The molecule has 6 heteroatoms. The Morgan fingerprint density at radius 1 is 1.03 bits per heavy atom. The van der Waals surface area contributed by atoms with Gasteiger partial charge in [0.2, 0.25) is 9.84 Å². The maximum absolute atomic E-state index is 13.1. The van der Waals surface area contributed by atoms with Gasteiger partial charge in [-0.05, 0) is 66.3 Å². The van der Waals surface area contributed by atoms with E-state index in [0.29, 0.717) is 5.92 Å². The molecule has 0 unspecified atom stereocenters. The van der Waals surface area contributed by atoms with Gasteiger partial charge < -0.3 is 5.32 Å². The summed E-state index contributed by atoms with van der Waals surface area (Å²) in [6.07, 6.45) is 3.22. The number of benzene rings is 2. The van der Waals surface area contributed by atoms with E-state index in [9.17, 15) is 18.0 Å². The first-order valence-corrected chi connectivity index (χ1v) is 11.9. The Hall–Kier alpha value is -2.47. The van der Waals surface area contributed by atoms with Crippen LogP contribution >= 0.6 is 0 Å². The monoisotopic (exact) mass is 423 g/mol. The molecule has 3 aliphatic rings. The fourth-order valence-corrected chi connectivity index (χ4v) is 7.57. The topological polar surface area (TPSA) is 80.3 Å². The molecule has 5 rings (SSSR count). The molecule has 2 fully saturated rings. The van der Waals surface area contributed by atoms with E-state index in [4.69, 9.17) is 0 Å². The zero-order valence-electron chi connectivity index (χ0n) is 17.4. The molecule has 1 amide bonds. The predicted molar refractivity (Wildman–Crippen MR) is 112 cm³/mol. The second-order valence-corrected chi connectivity index (χ2v) is 11.6. The molecular weight excluding hydrogens is 398 g/mol. The second-order valence-electron chi connectivity index (χ2n) is 9.68. The number of carbonyl (C=O) groups is 2. The molecular formula is C24H25NO4S. The highest BCUT2D eigenvalue weighted by Crippen LogP contribution is 2.65. The van der Waals surface area contributed by atoms with E-state index in [2.05, 4.69) is 26.1 Å². The summed E-state index contributed by atoms with van der Waals surface area (Å²) in [6, 6.07) is 10.7. The molecule has 156 valence electrons. The first kappa shape index (κ1) is 19.5. The van der Waals surface area contributed by atoms with Crippen molar-refractivity contribution in [1.82, 2.24) is 5.32 Å². The molecule has 2 aliphatic carbocycles. The molecule has 2 aromatic carbocycles. The lowest BCUT2D eigenvalue weighted by Crippen LogP contribution is -2.46. The van der Waals surface area contributed by atoms with Crippen LogP contribution in [0.4, 0.5) is 0 Å². The van der Waals surface area contributed by atoms with E-state index < -0.39 is 9.84 Å². The van der Waals surface area contributed by atoms with Gasteiger partial charge in [-0.2, -0.15) is 0 Å². The van der Waals surface area contributed by atoms with E-state index in [1.807, 2.05) is 0 Å². The first-order valence-electron chi connectivity index (χ1n) is 10.4. The minimum absolute atomic E-state index is 0.00224. The van der Waals surface area contributed by atoms with Crippen LogP contribution in [-0.2, 0) is 9.84 Å². The average molecular weight is 424 g/mol. The number of fused-ring (bicyclic) bond motifs is 4. The van der Waals surface area contributed by atoms with Gasteiger partial charge in [-0.15, -0.1) is 0 Å². The highest BCUT2D eigenvalue weighted by molar-refractivity contribution is 7.91. The van der Waals surface area contributed by atoms with Crippen molar-refractivity contribution in [3.8, 4) is 0 Å². The van der Waals surface area contributed by atoms with Gasteiger partial charge in [-0.1, -0.05) is 32.9 Å². The van der Waals surface area contributed by atoms with Gasteiger partial charge in [0, 0.05) is 22.7 Å². The van der Waals surface area contributed by atoms with Crippen LogP contribution in [0.3, 0.4) is 0 Å². The minimum atomic E-state index is -3.86. The van der Waals surface area contributed by atoms with Gasteiger partial charge in [-0.25, -0.2) is 8.42 Å². The number of nitrogens with one attached hydrogen (secondary N) is 1. The van der Waals surface area contributed by atoms with E-state index in [1.165, 1.54) is 30.7 Å². The maximum Gasteiger partial charge on any atom is 0.251 e. The van der Waals surface area contributed by atoms with Crippen molar-refractivity contribution >= 4 is 21.5 Å². The standard InChI is InChI=1S/C24H25NO4S/c1-23(2)15-10-11-24(23,3)20(13-15)25-22(27)14-8-9-17-19(12-14)30(28,29)18-7-5-4-6-16(18)21(17)26/h4-9,12,15,20H,10-11,13H2,1-3H3,(H,25,27)/t15-,20+,24-/m1/s1. The number of amides is 1. The first-order chi connectivity index (χ1) is 14.1. The number of hydrogen-bond acceptors (Lipinski definition) is 4. The Bertz CT molecular complexity index is 1210. The van der Waals surface area contributed by atoms with Crippen molar-refractivity contribution in [3.63, 3.8) is 0 Å². The van der Waals surface area contributed by atoms with Crippen LogP contribution in [0, 0.1) is 16.7 Å². The molecule has 0 radical (unpaired) electrons. The highest BCUT2D eigenvalue weighted by atomic mass is 32.2. The Morgan fingerprint density at radius 2 is 1.73 bits per heavy atom. The van der Waals surface area contributed by atoms with Crippen LogP contribution in [0.2, 0.25) is 0 Å². The van der Waals surface area contributed by atoms with Crippen molar-refractivity contribution in [2.45, 2.75) is 55.9 Å². The summed E-state index contributed by atoms with van der Waals surface area (Å²) >= 11 is 0. The Labute approximate surface area is 176 Å². The maximum atomic E-state index is 13.1. The minimum Gasteiger partial charge on any atom is -0.349 e. The van der Waals surface area contributed by atoms with Gasteiger partial charge in [0.15, 0.2) is 5.78 Å². The van der Waals surface area contributed by atoms with E-state index in [1.54, 1.807) is 18.2 Å². The molecule has 0 saturated heterocycles. The van der Waals surface area contributed by atoms with Crippen molar-refractivity contribution < 1.29 is 18.0 Å². The van der Waals surface area contributed by atoms with E-state index in [0.717, 1.165) is 12.8 Å². The number of rotatable bonds is 2. The third-order valence-electron chi connectivity index (χ3n) is 8.30. The molecule has 2 bridgehead atoms. The number of sulfone groups is 1. The number of ketones is 1. The summed E-state index contributed by atoms with van der Waals surface area (Å²) in [5.41, 5.74) is 0.772. The van der Waals surface area contributed by atoms with Gasteiger partial charge in [0.25, 0.3) is 5.91 Å². The molecule has 2 aromatic rings. The van der Waals surface area contributed by atoms with Gasteiger partial charge in [0.1, 0.15) is 0 Å². The van der Waals surface area contributed by atoms with Crippen LogP contribution in [0.5, 0.6) is 0 Å². The van der Waals surface area contributed by atoms with Crippen LogP contribution in [-0.4, -0.2) is 26.2 Å². The predicted octanol–water partition coefficient (Wildman–Crippen LogP) is 4.01. The van der Waals surface area contributed by atoms with Crippen LogP contribution in [0.25, 0.3) is 0 Å². The fraction of sp³-hybridized carbons (Fsp3) is 0.417. The molecule has 3 atom stereocenters. The van der Waals surface area contributed by atoms with Crippen molar-refractivity contribution in [1.29, 1.82) is 0 Å². The summed E-state index contributed by atoms with van der Waals surface area (Å²) in [5, 5.41) is 3.17. The third-order valence-corrected chi connectivity index (χ3v) is 10.2. The summed E-state index contributed by atoms with van der Waals surface area (Å²) in [6.45, 7) is 6.81. The molecule has 1 heterocycles. The Balaban J connectivity index is 1.49. The van der Waals surface area contributed by atoms with Crippen molar-refractivity contribution in [2.24, 2.45) is 16.7 Å². The average Bonchev–Trinajstić information content (AvgIpc) is 3.05. The largest absolute Gasteiger partial charge is 0.349 e. The molecule has 1 aliphatic heterocycles. The molecule has 30 heavy (non-hydrogen) atoms. The number of hydrogen-bond donors (Lipinski definition) is 1. The van der Waals surface area contributed by atoms with Crippen molar-refractivity contribution in [3.05, 3.63) is 59.2 Å². The second kappa shape index (κ2) is 6.03. The lowest BCUT2D eigenvalue weighted by Gasteiger charge is -2.39. The molecule has 0 spiro atoms. The Kier molecular flexibility index (Phi) is 3.92. The number of carbonyl (C=O) groups excluding carboxylic acids is 2. The zero-order valence-corrected chi connectivity index (χ0v) is 18.2. The molecule has 0 aromatic heterocycles. The van der Waals surface area contributed by atoms with Crippen LogP contribution in [0.1, 0.15) is 66.3 Å². The third kappa shape index (κ3) is 2.37. The molecule has 5 nitrogen and oxygen atoms in total. The Morgan fingerprint density at radius 3 is 2.40 bits per heavy atom. The lowest BCUT2D eigenvalue weighted by atomic mass is 9.69. The smallest absolute Gasteiger partial charge is 0.251 e. The summed E-state index contributed by atoms with van der Waals surface area (Å²) < 4.78 is 26.2. The van der Waals surface area contributed by atoms with E-state index >= 15 is 0 Å². The fourth-order valence-electron chi connectivity index (χ4n) is 5.89. The summed E-state index contributed by atoms with van der Waals surface area (Å²) in [5.74, 6) is -0.0236. The SMILES string of the molecule is CC1(C)[C@@H]2CC[C@]1(C)[C@@H](NC(=O)c1ccc3c(c1)S(=O)(=O)c1ccccc1C3=O)C2. The van der Waals surface area contributed by atoms with Gasteiger partial charge in [0.05, 0.1) is 9.79 Å².